The van der Waals surface area contributed by atoms with Gasteiger partial charge in [0.25, 0.3) is 5.89 Å². The predicted molar refractivity (Wildman–Crippen MR) is 74.3 cm³/mol. The van der Waals surface area contributed by atoms with E-state index in [0.29, 0.717) is 5.82 Å². The van der Waals surface area contributed by atoms with Gasteiger partial charge in [-0.2, -0.15) is 4.98 Å². The fourth-order valence-corrected chi connectivity index (χ4v) is 2.02. The van der Waals surface area contributed by atoms with Crippen molar-refractivity contribution in [3.8, 4) is 22.8 Å². The SMILES string of the molecule is Cc1ccccc1-c1noc(-c2c(N)cccc2F)n1. The lowest BCUT2D eigenvalue weighted by Gasteiger charge is -2.01. The third-order valence-corrected chi connectivity index (χ3v) is 3.07. The molecule has 2 aromatic carbocycles. The molecule has 0 unspecified atom stereocenters. The van der Waals surface area contributed by atoms with Gasteiger partial charge in [0.15, 0.2) is 0 Å². The lowest BCUT2D eigenvalue weighted by Crippen LogP contribution is -1.93. The van der Waals surface area contributed by atoms with E-state index in [-0.39, 0.29) is 17.1 Å². The molecule has 0 aliphatic carbocycles. The molecule has 0 aliphatic heterocycles. The number of nitrogen functional groups attached to an aromatic ring is 1. The largest absolute Gasteiger partial charge is 0.398 e. The molecule has 20 heavy (non-hydrogen) atoms. The summed E-state index contributed by atoms with van der Waals surface area (Å²) in [6.07, 6.45) is 0. The van der Waals surface area contributed by atoms with Crippen LogP contribution < -0.4 is 5.73 Å². The molecule has 0 amide bonds. The normalized spacial score (nSPS) is 10.7. The minimum atomic E-state index is -0.481. The number of anilines is 1. The first-order valence-corrected chi connectivity index (χ1v) is 6.11. The van der Waals surface area contributed by atoms with Gasteiger partial charge in [-0.1, -0.05) is 35.5 Å². The molecule has 0 saturated carbocycles. The molecule has 0 fully saturated rings. The van der Waals surface area contributed by atoms with Crippen LogP contribution in [0.5, 0.6) is 0 Å². The molecule has 1 aromatic heterocycles. The Morgan fingerprint density at radius 2 is 1.90 bits per heavy atom. The fourth-order valence-electron chi connectivity index (χ4n) is 2.02. The summed E-state index contributed by atoms with van der Waals surface area (Å²) in [6, 6.07) is 12.1. The highest BCUT2D eigenvalue weighted by molar-refractivity contribution is 5.72. The number of nitrogens with zero attached hydrogens (tertiary/aromatic N) is 2. The van der Waals surface area contributed by atoms with Gasteiger partial charge < -0.3 is 10.3 Å². The van der Waals surface area contributed by atoms with E-state index in [1.165, 1.54) is 12.1 Å². The second-order valence-corrected chi connectivity index (χ2v) is 4.44. The highest BCUT2D eigenvalue weighted by Gasteiger charge is 2.17. The Hall–Kier alpha value is -2.69. The predicted octanol–water partition coefficient (Wildman–Crippen LogP) is 3.43. The number of halogens is 1. The minimum absolute atomic E-state index is 0.0823. The molecule has 2 N–H and O–H groups in total. The van der Waals surface area contributed by atoms with Crippen molar-refractivity contribution < 1.29 is 8.91 Å². The van der Waals surface area contributed by atoms with Crippen molar-refractivity contribution in [2.24, 2.45) is 0 Å². The average Bonchev–Trinajstić information content (AvgIpc) is 2.88. The van der Waals surface area contributed by atoms with Crippen molar-refractivity contribution in [2.45, 2.75) is 6.92 Å². The highest BCUT2D eigenvalue weighted by atomic mass is 19.1. The fraction of sp³-hybridized carbons (Fsp3) is 0.0667. The molecule has 5 heteroatoms. The van der Waals surface area contributed by atoms with Crippen molar-refractivity contribution in [2.75, 3.05) is 5.73 Å². The van der Waals surface area contributed by atoms with Crippen LogP contribution in [0.4, 0.5) is 10.1 Å². The maximum atomic E-state index is 13.8. The zero-order valence-corrected chi connectivity index (χ0v) is 10.8. The molecule has 3 aromatic rings. The van der Waals surface area contributed by atoms with Crippen molar-refractivity contribution in [3.05, 3.63) is 53.8 Å². The van der Waals surface area contributed by atoms with Gasteiger partial charge in [0, 0.05) is 11.3 Å². The second-order valence-electron chi connectivity index (χ2n) is 4.44. The molecule has 0 saturated heterocycles. The zero-order chi connectivity index (χ0) is 14.1. The van der Waals surface area contributed by atoms with E-state index >= 15 is 0 Å². The summed E-state index contributed by atoms with van der Waals surface area (Å²) in [5.41, 5.74) is 8.03. The number of rotatable bonds is 2. The second kappa shape index (κ2) is 4.77. The number of aryl methyl sites for hydroxylation is 1. The number of hydrogen-bond donors (Lipinski definition) is 1. The summed E-state index contributed by atoms with van der Waals surface area (Å²) in [4.78, 5) is 4.24. The van der Waals surface area contributed by atoms with Crippen molar-refractivity contribution in [3.63, 3.8) is 0 Å². The van der Waals surface area contributed by atoms with E-state index < -0.39 is 5.82 Å². The standard InChI is InChI=1S/C15H12FN3O/c1-9-5-2-3-6-10(9)14-18-15(20-19-14)13-11(16)7-4-8-12(13)17/h2-8H,17H2,1H3. The molecule has 0 spiro atoms. The van der Waals surface area contributed by atoms with Gasteiger partial charge in [0.1, 0.15) is 5.82 Å². The maximum absolute atomic E-state index is 13.8. The van der Waals surface area contributed by atoms with E-state index in [9.17, 15) is 4.39 Å². The summed E-state index contributed by atoms with van der Waals surface area (Å²) in [7, 11) is 0. The summed E-state index contributed by atoms with van der Waals surface area (Å²) in [6.45, 7) is 1.95. The number of benzene rings is 2. The Bertz CT molecular complexity index is 747. The average molecular weight is 269 g/mol. The zero-order valence-electron chi connectivity index (χ0n) is 10.8. The summed E-state index contributed by atoms with van der Waals surface area (Å²) >= 11 is 0. The molecule has 4 nitrogen and oxygen atoms in total. The molecular weight excluding hydrogens is 257 g/mol. The minimum Gasteiger partial charge on any atom is -0.398 e. The van der Waals surface area contributed by atoms with Crippen LogP contribution in [0, 0.1) is 12.7 Å². The van der Waals surface area contributed by atoms with Gasteiger partial charge >= 0.3 is 0 Å². The lowest BCUT2D eigenvalue weighted by atomic mass is 10.1. The van der Waals surface area contributed by atoms with Gasteiger partial charge in [-0.3, -0.25) is 0 Å². The molecule has 0 aliphatic rings. The van der Waals surface area contributed by atoms with Crippen LogP contribution in [-0.4, -0.2) is 10.1 Å². The van der Waals surface area contributed by atoms with Crippen molar-refractivity contribution in [1.82, 2.24) is 10.1 Å². The Balaban J connectivity index is 2.10. The molecule has 100 valence electrons. The van der Waals surface area contributed by atoms with Crippen molar-refractivity contribution in [1.29, 1.82) is 0 Å². The molecular formula is C15H12FN3O. The van der Waals surface area contributed by atoms with E-state index in [1.807, 2.05) is 31.2 Å². The van der Waals surface area contributed by atoms with Gasteiger partial charge in [0.05, 0.1) is 5.56 Å². The Morgan fingerprint density at radius 1 is 1.10 bits per heavy atom. The molecule has 0 radical (unpaired) electrons. The number of aromatic nitrogens is 2. The van der Waals surface area contributed by atoms with Crippen LogP contribution in [0.2, 0.25) is 0 Å². The van der Waals surface area contributed by atoms with Crippen molar-refractivity contribution >= 4 is 5.69 Å². The van der Waals surface area contributed by atoms with Gasteiger partial charge in [-0.05, 0) is 24.6 Å². The van der Waals surface area contributed by atoms with Crippen LogP contribution >= 0.6 is 0 Å². The molecule has 0 atom stereocenters. The van der Waals surface area contributed by atoms with E-state index in [1.54, 1.807) is 6.07 Å². The van der Waals surface area contributed by atoms with E-state index in [0.717, 1.165) is 11.1 Å². The summed E-state index contributed by atoms with van der Waals surface area (Å²) < 4.78 is 19.0. The quantitative estimate of drug-likeness (QED) is 0.724. The first-order valence-electron chi connectivity index (χ1n) is 6.11. The molecule has 0 bridgehead atoms. The van der Waals surface area contributed by atoms with E-state index in [2.05, 4.69) is 10.1 Å². The first-order chi connectivity index (χ1) is 9.66. The van der Waals surface area contributed by atoms with Crippen LogP contribution in [0.3, 0.4) is 0 Å². The highest BCUT2D eigenvalue weighted by Crippen LogP contribution is 2.29. The number of nitrogens with two attached hydrogens (primary N) is 1. The lowest BCUT2D eigenvalue weighted by molar-refractivity contribution is 0.430. The molecule has 3 rings (SSSR count). The maximum Gasteiger partial charge on any atom is 0.263 e. The number of hydrogen-bond acceptors (Lipinski definition) is 4. The van der Waals surface area contributed by atoms with Crippen LogP contribution in [0.1, 0.15) is 5.56 Å². The Morgan fingerprint density at radius 3 is 2.65 bits per heavy atom. The third kappa shape index (κ3) is 2.03. The van der Waals surface area contributed by atoms with Gasteiger partial charge in [0.2, 0.25) is 5.82 Å². The third-order valence-electron chi connectivity index (χ3n) is 3.07. The topological polar surface area (TPSA) is 64.9 Å². The van der Waals surface area contributed by atoms with Gasteiger partial charge in [-0.25, -0.2) is 4.39 Å². The first kappa shape index (κ1) is 12.3. The summed E-state index contributed by atoms with van der Waals surface area (Å²) in [5.74, 6) is 0.0181. The molecule has 1 heterocycles. The van der Waals surface area contributed by atoms with Crippen LogP contribution in [-0.2, 0) is 0 Å². The smallest absolute Gasteiger partial charge is 0.263 e. The Kier molecular flexibility index (Phi) is 2.95. The monoisotopic (exact) mass is 269 g/mol. The van der Waals surface area contributed by atoms with E-state index in [4.69, 9.17) is 10.3 Å². The Labute approximate surface area is 115 Å². The van der Waals surface area contributed by atoms with Crippen LogP contribution in [0.25, 0.3) is 22.8 Å². The van der Waals surface area contributed by atoms with Gasteiger partial charge in [-0.15, -0.1) is 0 Å². The van der Waals surface area contributed by atoms with Crippen LogP contribution in [0.15, 0.2) is 47.0 Å². The summed E-state index contributed by atoms with van der Waals surface area (Å²) in [5, 5.41) is 3.90.